The van der Waals surface area contributed by atoms with E-state index in [2.05, 4.69) is 5.10 Å². The lowest BCUT2D eigenvalue weighted by Crippen LogP contribution is -2.44. The predicted octanol–water partition coefficient (Wildman–Crippen LogP) is 1.63. The average Bonchev–Trinajstić information content (AvgIpc) is 2.75. The summed E-state index contributed by atoms with van der Waals surface area (Å²) < 4.78 is 1.55. The largest absolute Gasteiger partial charge is 0.391 e. The summed E-state index contributed by atoms with van der Waals surface area (Å²) in [5.74, 6) is 0.484. The van der Waals surface area contributed by atoms with E-state index in [0.717, 1.165) is 25.7 Å². The molecule has 20 heavy (non-hydrogen) atoms. The van der Waals surface area contributed by atoms with E-state index in [1.165, 1.54) is 0 Å². The van der Waals surface area contributed by atoms with Gasteiger partial charge in [-0.15, -0.1) is 0 Å². The van der Waals surface area contributed by atoms with Gasteiger partial charge in [-0.05, 0) is 19.3 Å². The van der Waals surface area contributed by atoms with Gasteiger partial charge in [-0.25, -0.2) is 4.68 Å². The minimum absolute atomic E-state index is 0.0651. The fraction of sp³-hybridized carbons (Fsp3) is 0.769. The van der Waals surface area contributed by atoms with E-state index in [1.54, 1.807) is 11.7 Å². The number of likely N-dealkylation sites (N-methyl/N-ethyl adjacent to an activating group) is 1. The lowest BCUT2D eigenvalue weighted by molar-refractivity contribution is -0.384. The van der Waals surface area contributed by atoms with Gasteiger partial charge >= 0.3 is 5.69 Å². The molecule has 0 spiro atoms. The van der Waals surface area contributed by atoms with Crippen LogP contribution in [0, 0.1) is 10.1 Å². The fourth-order valence-corrected chi connectivity index (χ4v) is 3.08. The number of aryl methyl sites for hydroxylation is 2. The van der Waals surface area contributed by atoms with E-state index in [9.17, 15) is 15.2 Å². The van der Waals surface area contributed by atoms with Gasteiger partial charge in [0.05, 0.1) is 17.1 Å². The molecule has 1 aromatic heterocycles. The Hall–Kier alpha value is -1.63. The third kappa shape index (κ3) is 2.49. The van der Waals surface area contributed by atoms with Crippen LogP contribution in [0.1, 0.15) is 38.3 Å². The van der Waals surface area contributed by atoms with Gasteiger partial charge in [-0.2, -0.15) is 5.10 Å². The van der Waals surface area contributed by atoms with Crippen LogP contribution in [0.4, 0.5) is 11.5 Å². The number of aliphatic hydroxyl groups excluding tert-OH is 1. The average molecular weight is 282 g/mol. The number of anilines is 1. The predicted molar refractivity (Wildman–Crippen MR) is 75.9 cm³/mol. The Labute approximate surface area is 118 Å². The number of rotatable bonds is 4. The maximum absolute atomic E-state index is 11.3. The summed E-state index contributed by atoms with van der Waals surface area (Å²) in [7, 11) is 3.52. The Morgan fingerprint density at radius 2 is 2.15 bits per heavy atom. The van der Waals surface area contributed by atoms with Crippen LogP contribution in [-0.4, -0.2) is 39.0 Å². The molecule has 1 heterocycles. The molecule has 0 bridgehead atoms. The molecule has 0 saturated heterocycles. The second-order valence-corrected chi connectivity index (χ2v) is 5.38. The van der Waals surface area contributed by atoms with Crippen LogP contribution in [0.15, 0.2) is 0 Å². The molecule has 1 aliphatic rings. The molecule has 7 nitrogen and oxygen atoms in total. The summed E-state index contributed by atoms with van der Waals surface area (Å²) in [6, 6.07) is -0.0810. The van der Waals surface area contributed by atoms with Gasteiger partial charge in [0.2, 0.25) is 5.82 Å². The minimum atomic E-state index is -0.437. The molecule has 2 unspecified atom stereocenters. The maximum Gasteiger partial charge on any atom is 0.334 e. The third-order valence-corrected chi connectivity index (χ3v) is 4.11. The second-order valence-electron chi connectivity index (χ2n) is 5.38. The second kappa shape index (κ2) is 5.78. The van der Waals surface area contributed by atoms with Crippen molar-refractivity contribution in [3.8, 4) is 0 Å². The molecular weight excluding hydrogens is 260 g/mol. The molecule has 1 N–H and O–H groups in total. The van der Waals surface area contributed by atoms with Crippen molar-refractivity contribution in [3.63, 3.8) is 0 Å². The molecule has 0 aromatic carbocycles. The van der Waals surface area contributed by atoms with Gasteiger partial charge in [-0.1, -0.05) is 19.8 Å². The number of hydrogen-bond acceptors (Lipinski definition) is 5. The molecule has 2 rings (SSSR count). The summed E-state index contributed by atoms with van der Waals surface area (Å²) >= 11 is 0. The quantitative estimate of drug-likeness (QED) is 0.670. The molecule has 1 aromatic rings. The van der Waals surface area contributed by atoms with Crippen molar-refractivity contribution in [1.29, 1.82) is 0 Å². The number of nitro groups is 1. The number of aliphatic hydroxyl groups is 1. The number of aromatic nitrogens is 2. The third-order valence-electron chi connectivity index (χ3n) is 4.11. The lowest BCUT2D eigenvalue weighted by Gasteiger charge is -2.35. The van der Waals surface area contributed by atoms with Crippen molar-refractivity contribution < 1.29 is 10.0 Å². The molecule has 0 amide bonds. The SMILES string of the molecule is CCc1nn(C)c(N(C)C2CCCCC2O)c1[N+](=O)[O-]. The Morgan fingerprint density at radius 3 is 2.70 bits per heavy atom. The zero-order valence-corrected chi connectivity index (χ0v) is 12.2. The number of nitrogens with zero attached hydrogens (tertiary/aromatic N) is 4. The van der Waals surface area contributed by atoms with Crippen LogP contribution in [0.5, 0.6) is 0 Å². The first-order valence-corrected chi connectivity index (χ1v) is 7.08. The Bertz CT molecular complexity index is 500. The first-order valence-electron chi connectivity index (χ1n) is 7.08. The van der Waals surface area contributed by atoms with Gasteiger partial charge in [0, 0.05) is 14.1 Å². The van der Waals surface area contributed by atoms with E-state index in [4.69, 9.17) is 0 Å². The molecule has 2 atom stereocenters. The summed E-state index contributed by atoms with van der Waals surface area (Å²) in [5, 5.41) is 25.7. The highest BCUT2D eigenvalue weighted by molar-refractivity contribution is 5.62. The van der Waals surface area contributed by atoms with Crippen LogP contribution in [0.25, 0.3) is 0 Å². The topological polar surface area (TPSA) is 84.4 Å². The van der Waals surface area contributed by atoms with Crippen LogP contribution >= 0.6 is 0 Å². The minimum Gasteiger partial charge on any atom is -0.391 e. The van der Waals surface area contributed by atoms with Gasteiger partial charge in [0.15, 0.2) is 0 Å². The van der Waals surface area contributed by atoms with Gasteiger partial charge in [0.1, 0.15) is 5.69 Å². The summed E-state index contributed by atoms with van der Waals surface area (Å²) in [5.41, 5.74) is 0.555. The molecule has 0 aliphatic heterocycles. The van der Waals surface area contributed by atoms with Crippen molar-refractivity contribution in [3.05, 3.63) is 15.8 Å². The van der Waals surface area contributed by atoms with E-state index in [-0.39, 0.29) is 16.7 Å². The van der Waals surface area contributed by atoms with Gasteiger partial charge in [-0.3, -0.25) is 10.1 Å². The maximum atomic E-state index is 11.3. The molecule has 1 fully saturated rings. The standard InChI is InChI=1S/C13H22N4O3/c1-4-9-12(17(19)20)13(16(3)14-9)15(2)10-7-5-6-8-11(10)18/h10-11,18H,4-8H2,1-3H3. The molecule has 112 valence electrons. The van der Waals surface area contributed by atoms with E-state index in [0.29, 0.717) is 17.9 Å². The van der Waals surface area contributed by atoms with Crippen LogP contribution in [0.2, 0.25) is 0 Å². The van der Waals surface area contributed by atoms with E-state index in [1.807, 2.05) is 18.9 Å². The van der Waals surface area contributed by atoms with Crippen molar-refractivity contribution in [2.24, 2.45) is 7.05 Å². The zero-order chi connectivity index (χ0) is 14.9. The summed E-state index contributed by atoms with van der Waals surface area (Å²) in [6.45, 7) is 1.86. The lowest BCUT2D eigenvalue weighted by atomic mass is 9.91. The number of hydrogen-bond donors (Lipinski definition) is 1. The van der Waals surface area contributed by atoms with Gasteiger partial charge in [0.25, 0.3) is 0 Å². The Balaban J connectivity index is 2.40. The molecule has 1 aliphatic carbocycles. The fourth-order valence-electron chi connectivity index (χ4n) is 3.08. The van der Waals surface area contributed by atoms with Gasteiger partial charge < -0.3 is 10.0 Å². The summed E-state index contributed by atoms with van der Waals surface area (Å²) in [4.78, 5) is 12.8. The van der Waals surface area contributed by atoms with Crippen LogP contribution in [0.3, 0.4) is 0 Å². The monoisotopic (exact) mass is 282 g/mol. The molecule has 1 saturated carbocycles. The molecule has 0 radical (unpaired) electrons. The first kappa shape index (κ1) is 14.8. The van der Waals surface area contributed by atoms with Crippen molar-refractivity contribution in [2.75, 3.05) is 11.9 Å². The zero-order valence-electron chi connectivity index (χ0n) is 12.2. The van der Waals surface area contributed by atoms with Crippen molar-refractivity contribution in [1.82, 2.24) is 9.78 Å². The normalized spacial score (nSPS) is 22.8. The van der Waals surface area contributed by atoms with Crippen molar-refractivity contribution in [2.45, 2.75) is 51.2 Å². The highest BCUT2D eigenvalue weighted by Crippen LogP contribution is 2.35. The summed E-state index contributed by atoms with van der Waals surface area (Å²) in [6.07, 6.45) is 3.74. The molecular formula is C13H22N4O3. The van der Waals surface area contributed by atoms with Crippen LogP contribution < -0.4 is 4.90 Å². The first-order chi connectivity index (χ1) is 9.47. The highest BCUT2D eigenvalue weighted by atomic mass is 16.6. The molecule has 7 heteroatoms. The van der Waals surface area contributed by atoms with Crippen LogP contribution in [-0.2, 0) is 13.5 Å². The van der Waals surface area contributed by atoms with E-state index < -0.39 is 6.10 Å². The van der Waals surface area contributed by atoms with E-state index >= 15 is 0 Å². The van der Waals surface area contributed by atoms with Crippen molar-refractivity contribution >= 4 is 11.5 Å². The Morgan fingerprint density at radius 1 is 1.50 bits per heavy atom. The highest BCUT2D eigenvalue weighted by Gasteiger charge is 2.34. The smallest absolute Gasteiger partial charge is 0.334 e. The Kier molecular flexibility index (Phi) is 4.27.